The molecule has 2 rings (SSSR count). The molecule has 0 bridgehead atoms. The van der Waals surface area contributed by atoms with Crippen molar-refractivity contribution in [1.29, 1.82) is 0 Å². The van der Waals surface area contributed by atoms with Crippen LogP contribution >= 0.6 is 0 Å². The average Bonchev–Trinajstić information content (AvgIpc) is 2.74. The second-order valence-electron chi connectivity index (χ2n) is 3.38. The highest BCUT2D eigenvalue weighted by molar-refractivity contribution is 5.63. The molecule has 0 saturated heterocycles. The van der Waals surface area contributed by atoms with Gasteiger partial charge in [-0.25, -0.2) is 4.68 Å². The quantitative estimate of drug-likeness (QED) is 0.580. The maximum Gasteiger partial charge on any atom is 0.151 e. The number of tetrazole rings is 1. The van der Waals surface area contributed by atoms with Crippen molar-refractivity contribution in [3.63, 3.8) is 0 Å². The van der Waals surface area contributed by atoms with Gasteiger partial charge in [0.05, 0.1) is 0 Å². The number of hydrogen-bond acceptors (Lipinski definition) is 4. The number of hydrogen-bond donors (Lipinski definition) is 0. The van der Waals surface area contributed by atoms with Gasteiger partial charge >= 0.3 is 0 Å². The molecule has 1 saturated carbocycles. The molecule has 1 aliphatic carbocycles. The van der Waals surface area contributed by atoms with E-state index >= 15 is 0 Å². The lowest BCUT2D eigenvalue weighted by atomic mass is 10.1. The summed E-state index contributed by atoms with van der Waals surface area (Å²) in [5, 5.41) is 11.0. The summed E-state index contributed by atoms with van der Waals surface area (Å²) >= 11 is 0. The largest absolute Gasteiger partial charge is 0.303 e. The standard InChI is InChI=1S/C7H10N4O/c1-11-6(8-9-10-11)4-7(5-12)2-3-7/h5H,2-4H2,1H3. The fourth-order valence-electron chi connectivity index (χ4n) is 1.21. The van der Waals surface area contributed by atoms with E-state index in [1.807, 2.05) is 0 Å². The second-order valence-corrected chi connectivity index (χ2v) is 3.38. The molecule has 0 spiro atoms. The molecule has 5 heteroatoms. The molecule has 0 aliphatic heterocycles. The summed E-state index contributed by atoms with van der Waals surface area (Å²) in [5.74, 6) is 0.791. The molecule has 64 valence electrons. The minimum Gasteiger partial charge on any atom is -0.303 e. The lowest BCUT2D eigenvalue weighted by Gasteiger charge is -2.03. The van der Waals surface area contributed by atoms with Gasteiger partial charge in [-0.05, 0) is 23.3 Å². The van der Waals surface area contributed by atoms with Crippen LogP contribution in [0.2, 0.25) is 0 Å². The summed E-state index contributed by atoms with van der Waals surface area (Å²) in [4.78, 5) is 10.6. The first-order chi connectivity index (χ1) is 5.76. The molecular formula is C7H10N4O. The molecule has 0 aromatic carbocycles. The first kappa shape index (κ1) is 7.39. The third-order valence-electron chi connectivity index (χ3n) is 2.36. The third kappa shape index (κ3) is 1.11. The summed E-state index contributed by atoms with van der Waals surface area (Å²) in [5.41, 5.74) is -0.136. The van der Waals surface area contributed by atoms with Gasteiger partial charge in [-0.15, -0.1) is 5.10 Å². The van der Waals surface area contributed by atoms with Crippen LogP contribution < -0.4 is 0 Å². The van der Waals surface area contributed by atoms with Gasteiger partial charge in [0.2, 0.25) is 0 Å². The highest BCUT2D eigenvalue weighted by atomic mass is 16.1. The number of carbonyl (C=O) groups excluding carboxylic acids is 1. The molecule has 1 heterocycles. The lowest BCUT2D eigenvalue weighted by molar-refractivity contribution is -0.112. The van der Waals surface area contributed by atoms with E-state index in [0.29, 0.717) is 6.42 Å². The highest BCUT2D eigenvalue weighted by Gasteiger charge is 2.43. The Morgan fingerprint density at radius 2 is 2.42 bits per heavy atom. The monoisotopic (exact) mass is 166 g/mol. The highest BCUT2D eigenvalue weighted by Crippen LogP contribution is 2.45. The van der Waals surface area contributed by atoms with Gasteiger partial charge in [-0.1, -0.05) is 0 Å². The minimum atomic E-state index is -0.136. The Morgan fingerprint density at radius 3 is 2.83 bits per heavy atom. The predicted octanol–water partition coefficient (Wildman–Crippen LogP) is -0.268. The van der Waals surface area contributed by atoms with Crippen LogP contribution in [0.1, 0.15) is 18.7 Å². The topological polar surface area (TPSA) is 60.7 Å². The summed E-state index contributed by atoms with van der Waals surface area (Å²) in [7, 11) is 1.79. The van der Waals surface area contributed by atoms with Crippen molar-refractivity contribution < 1.29 is 4.79 Å². The molecule has 1 aliphatic rings. The van der Waals surface area contributed by atoms with Gasteiger partial charge in [-0.3, -0.25) is 0 Å². The molecule has 0 unspecified atom stereocenters. The number of nitrogens with zero attached hydrogens (tertiary/aromatic N) is 4. The maximum atomic E-state index is 10.6. The van der Waals surface area contributed by atoms with Gasteiger partial charge in [0.15, 0.2) is 5.82 Å². The van der Waals surface area contributed by atoms with Crippen LogP contribution in [0.15, 0.2) is 0 Å². The van der Waals surface area contributed by atoms with Gasteiger partial charge in [0.1, 0.15) is 6.29 Å². The van der Waals surface area contributed by atoms with Crippen molar-refractivity contribution in [3.05, 3.63) is 5.82 Å². The van der Waals surface area contributed by atoms with Crippen molar-refractivity contribution in [2.75, 3.05) is 0 Å². The number of aryl methyl sites for hydroxylation is 1. The zero-order valence-corrected chi connectivity index (χ0v) is 6.90. The molecule has 0 amide bonds. The van der Waals surface area contributed by atoms with Gasteiger partial charge < -0.3 is 4.79 Å². The van der Waals surface area contributed by atoms with E-state index in [2.05, 4.69) is 15.5 Å². The molecular weight excluding hydrogens is 156 g/mol. The van der Waals surface area contributed by atoms with E-state index in [1.165, 1.54) is 0 Å². The summed E-state index contributed by atoms with van der Waals surface area (Å²) < 4.78 is 1.61. The molecule has 5 nitrogen and oxygen atoms in total. The molecule has 1 fully saturated rings. The van der Waals surface area contributed by atoms with Crippen molar-refractivity contribution in [1.82, 2.24) is 20.2 Å². The van der Waals surface area contributed by atoms with Gasteiger partial charge in [0.25, 0.3) is 0 Å². The first-order valence-electron chi connectivity index (χ1n) is 3.93. The van der Waals surface area contributed by atoms with E-state index in [9.17, 15) is 4.79 Å². The predicted molar refractivity (Wildman–Crippen MR) is 40.2 cm³/mol. The van der Waals surface area contributed by atoms with Crippen LogP contribution in [-0.4, -0.2) is 26.5 Å². The van der Waals surface area contributed by atoms with Crippen LogP contribution in [0.25, 0.3) is 0 Å². The number of aldehydes is 1. The van der Waals surface area contributed by atoms with E-state index < -0.39 is 0 Å². The molecule has 0 radical (unpaired) electrons. The summed E-state index contributed by atoms with van der Waals surface area (Å²) in [6, 6.07) is 0. The molecule has 0 atom stereocenters. The van der Waals surface area contributed by atoms with Crippen molar-refractivity contribution in [2.24, 2.45) is 12.5 Å². The fraction of sp³-hybridized carbons (Fsp3) is 0.714. The Hall–Kier alpha value is -1.26. The Bertz CT molecular complexity index is 302. The van der Waals surface area contributed by atoms with Crippen molar-refractivity contribution in [2.45, 2.75) is 19.3 Å². The first-order valence-corrected chi connectivity index (χ1v) is 3.93. The SMILES string of the molecule is Cn1nnnc1CC1(C=O)CC1. The molecule has 0 N–H and O–H groups in total. The van der Waals surface area contributed by atoms with Crippen LogP contribution in [0.4, 0.5) is 0 Å². The van der Waals surface area contributed by atoms with Gasteiger partial charge in [0, 0.05) is 18.9 Å². The Kier molecular flexibility index (Phi) is 1.46. The maximum absolute atomic E-state index is 10.6. The smallest absolute Gasteiger partial charge is 0.151 e. The third-order valence-corrected chi connectivity index (χ3v) is 2.36. The normalized spacial score (nSPS) is 19.1. The summed E-state index contributed by atoms with van der Waals surface area (Å²) in [6.07, 6.45) is 3.66. The molecule has 1 aromatic heterocycles. The average molecular weight is 166 g/mol. The van der Waals surface area contributed by atoms with Crippen LogP contribution in [0.3, 0.4) is 0 Å². The van der Waals surface area contributed by atoms with E-state index in [1.54, 1.807) is 11.7 Å². The second kappa shape index (κ2) is 2.36. The molecule has 1 aromatic rings. The van der Waals surface area contributed by atoms with Crippen LogP contribution in [0, 0.1) is 5.41 Å². The van der Waals surface area contributed by atoms with E-state index in [4.69, 9.17) is 0 Å². The van der Waals surface area contributed by atoms with Crippen molar-refractivity contribution >= 4 is 6.29 Å². The zero-order valence-electron chi connectivity index (χ0n) is 6.90. The van der Waals surface area contributed by atoms with Crippen molar-refractivity contribution in [3.8, 4) is 0 Å². The van der Waals surface area contributed by atoms with Crippen LogP contribution in [0.5, 0.6) is 0 Å². The number of aromatic nitrogens is 4. The fourth-order valence-corrected chi connectivity index (χ4v) is 1.21. The number of carbonyl (C=O) groups is 1. The Labute approximate surface area is 69.8 Å². The zero-order chi connectivity index (χ0) is 8.60. The summed E-state index contributed by atoms with van der Waals surface area (Å²) in [6.45, 7) is 0. The van der Waals surface area contributed by atoms with E-state index in [0.717, 1.165) is 25.0 Å². The van der Waals surface area contributed by atoms with E-state index in [-0.39, 0.29) is 5.41 Å². The molecule has 12 heavy (non-hydrogen) atoms. The number of rotatable bonds is 3. The minimum absolute atomic E-state index is 0.136. The lowest BCUT2D eigenvalue weighted by Crippen LogP contribution is -2.11. The Morgan fingerprint density at radius 1 is 1.67 bits per heavy atom. The van der Waals surface area contributed by atoms with Crippen LogP contribution in [-0.2, 0) is 18.3 Å². The Balaban J connectivity index is 2.13. The van der Waals surface area contributed by atoms with Gasteiger partial charge in [-0.2, -0.15) is 0 Å².